The molecular formula is C40H48N4O6S. The third-order valence-corrected chi connectivity index (χ3v) is 13.2. The number of hydrogen-bond donors (Lipinski definition) is 2. The van der Waals surface area contributed by atoms with E-state index in [0.29, 0.717) is 31.6 Å². The maximum atomic E-state index is 14.4. The number of sulfonamides is 1. The first-order chi connectivity index (χ1) is 24.4. The number of oxime groups is 1. The summed E-state index contributed by atoms with van der Waals surface area (Å²) >= 11 is 0. The van der Waals surface area contributed by atoms with Gasteiger partial charge >= 0.3 is 0 Å². The molecule has 3 amide bonds. The number of nitrogens with zero attached hydrogens (tertiary/aromatic N) is 2. The van der Waals surface area contributed by atoms with Crippen molar-refractivity contribution in [3.63, 3.8) is 0 Å². The van der Waals surface area contributed by atoms with Crippen LogP contribution in [0.5, 0.6) is 0 Å². The molecule has 2 aromatic carbocycles. The number of carbonyl (C=O) groups excluding carboxylic acids is 3. The Hall–Kier alpha value is -4.25. The predicted octanol–water partition coefficient (Wildman–Crippen LogP) is 5.57. The van der Waals surface area contributed by atoms with Crippen LogP contribution in [0.4, 0.5) is 0 Å². The van der Waals surface area contributed by atoms with Crippen molar-refractivity contribution < 1.29 is 27.6 Å². The molecule has 2 aromatic rings. The molecule has 0 aromatic heterocycles. The molecule has 3 fully saturated rings. The molecule has 0 spiro atoms. The Bertz CT molecular complexity index is 1930. The number of nitrogens with one attached hydrogen (secondary N) is 2. The number of rotatable bonds is 7. The molecule has 51 heavy (non-hydrogen) atoms. The SMILES string of the molecule is C=C[C@@H]1C[C@]1(NC(=O)[C@@H]1C[C@@H]2C[C@H]1C(=O)N(CC)CC(C)(C)CCCC=Cc1ccc3c(c1)C(=NO2)c1ccccc1-3)C(=O)NS(=O)(=O)C1CC1. The normalized spacial score (nSPS) is 28.4. The van der Waals surface area contributed by atoms with Gasteiger partial charge in [0, 0.05) is 30.1 Å². The van der Waals surface area contributed by atoms with Gasteiger partial charge in [0.15, 0.2) is 0 Å². The molecule has 5 aliphatic rings. The second kappa shape index (κ2) is 13.4. The van der Waals surface area contributed by atoms with Gasteiger partial charge < -0.3 is 15.1 Å². The molecule has 4 aliphatic carbocycles. The molecule has 7 rings (SSSR count). The average Bonchev–Trinajstić information content (AvgIpc) is 4.01. The van der Waals surface area contributed by atoms with Gasteiger partial charge in [0.2, 0.25) is 21.8 Å². The highest BCUT2D eigenvalue weighted by atomic mass is 32.2. The minimum absolute atomic E-state index is 0.127. The van der Waals surface area contributed by atoms with Gasteiger partial charge in [0.1, 0.15) is 17.4 Å². The van der Waals surface area contributed by atoms with Gasteiger partial charge in [0.25, 0.3) is 5.91 Å². The lowest BCUT2D eigenvalue weighted by Gasteiger charge is -2.34. The molecule has 1 aliphatic heterocycles. The summed E-state index contributed by atoms with van der Waals surface area (Å²) in [5, 5.41) is 7.05. The Morgan fingerprint density at radius 3 is 2.53 bits per heavy atom. The Morgan fingerprint density at radius 2 is 1.82 bits per heavy atom. The van der Waals surface area contributed by atoms with Crippen molar-refractivity contribution in [2.75, 3.05) is 13.1 Å². The van der Waals surface area contributed by atoms with E-state index in [9.17, 15) is 22.8 Å². The summed E-state index contributed by atoms with van der Waals surface area (Å²) in [6.07, 6.45) is 9.91. The van der Waals surface area contributed by atoms with Crippen LogP contribution in [-0.2, 0) is 29.2 Å². The van der Waals surface area contributed by atoms with Gasteiger partial charge in [0.05, 0.1) is 17.1 Å². The Labute approximate surface area is 300 Å². The van der Waals surface area contributed by atoms with Crippen molar-refractivity contribution >= 4 is 39.5 Å². The molecule has 0 unspecified atom stereocenters. The second-order valence-electron chi connectivity index (χ2n) is 15.7. The summed E-state index contributed by atoms with van der Waals surface area (Å²) in [5.74, 6) is -3.30. The molecule has 10 nitrogen and oxygen atoms in total. The molecule has 11 heteroatoms. The minimum atomic E-state index is -3.83. The maximum Gasteiger partial charge on any atom is 0.259 e. The van der Waals surface area contributed by atoms with Crippen LogP contribution in [0.3, 0.4) is 0 Å². The fourth-order valence-corrected chi connectivity index (χ4v) is 9.52. The van der Waals surface area contributed by atoms with Gasteiger partial charge in [-0.3, -0.25) is 19.1 Å². The molecule has 1 heterocycles. The highest BCUT2D eigenvalue weighted by Gasteiger charge is 2.62. The molecule has 5 atom stereocenters. The van der Waals surface area contributed by atoms with Crippen LogP contribution in [0, 0.1) is 23.2 Å². The Kier molecular flexibility index (Phi) is 9.23. The van der Waals surface area contributed by atoms with E-state index in [0.717, 1.165) is 47.1 Å². The standard InChI is InChI=1S/C40H48N4O6S/c1-5-26-23-40(26,38(47)43-51(48,49)28-16-17-28)41-36(45)33-21-27-22-34(33)37(46)44(6-2)24-39(3,4)19-11-7-8-12-25-15-18-30-29-13-9-10-14-31(29)35(42-50-27)32(30)20-25/h5,8-10,12-15,18,20,26-28,33-34H,1,6-7,11,16-17,19,21-24H2,2-4H3,(H,41,45)(H,43,47)/t26-,27-,33-,34-,40-/m1/s1. The quantitative estimate of drug-likeness (QED) is 0.308. The number of amides is 3. The largest absolute Gasteiger partial charge is 0.392 e. The molecule has 3 saturated carbocycles. The zero-order chi connectivity index (χ0) is 36.1. The van der Waals surface area contributed by atoms with Crippen molar-refractivity contribution in [3.8, 4) is 11.1 Å². The van der Waals surface area contributed by atoms with Crippen LogP contribution in [0.15, 0.2) is 66.4 Å². The summed E-state index contributed by atoms with van der Waals surface area (Å²) in [6.45, 7) is 11.1. The molecule has 0 radical (unpaired) electrons. The van der Waals surface area contributed by atoms with Crippen molar-refractivity contribution in [2.24, 2.45) is 28.3 Å². The van der Waals surface area contributed by atoms with E-state index in [1.165, 1.54) is 0 Å². The highest BCUT2D eigenvalue weighted by Crippen LogP contribution is 2.47. The summed E-state index contributed by atoms with van der Waals surface area (Å²) in [6, 6.07) is 14.5. The van der Waals surface area contributed by atoms with Crippen LogP contribution < -0.4 is 10.0 Å². The first-order valence-electron chi connectivity index (χ1n) is 18.3. The van der Waals surface area contributed by atoms with Gasteiger partial charge in [-0.15, -0.1) is 6.58 Å². The minimum Gasteiger partial charge on any atom is -0.392 e. The van der Waals surface area contributed by atoms with Crippen molar-refractivity contribution in [1.82, 2.24) is 14.9 Å². The van der Waals surface area contributed by atoms with Crippen molar-refractivity contribution in [1.29, 1.82) is 0 Å². The van der Waals surface area contributed by atoms with E-state index in [2.05, 4.69) is 66.9 Å². The summed E-state index contributed by atoms with van der Waals surface area (Å²) in [4.78, 5) is 50.3. The average molecular weight is 713 g/mol. The van der Waals surface area contributed by atoms with Crippen LogP contribution in [0.2, 0.25) is 0 Å². The topological polar surface area (TPSA) is 134 Å². The van der Waals surface area contributed by atoms with E-state index in [1.807, 2.05) is 30.0 Å². The van der Waals surface area contributed by atoms with Crippen LogP contribution >= 0.6 is 0 Å². The number of carbonyl (C=O) groups is 3. The van der Waals surface area contributed by atoms with Gasteiger partial charge in [-0.05, 0) is 86.5 Å². The van der Waals surface area contributed by atoms with E-state index in [4.69, 9.17) is 9.99 Å². The summed E-state index contributed by atoms with van der Waals surface area (Å²) in [5.41, 5.74) is 4.27. The Morgan fingerprint density at radius 1 is 1.08 bits per heavy atom. The fraction of sp³-hybridized carbons (Fsp3) is 0.500. The molecule has 0 saturated heterocycles. The lowest BCUT2D eigenvalue weighted by atomic mass is 9.85. The molecule has 270 valence electrons. The summed E-state index contributed by atoms with van der Waals surface area (Å²) in [7, 11) is -3.83. The third kappa shape index (κ3) is 6.89. The lowest BCUT2D eigenvalue weighted by molar-refractivity contribution is -0.142. The highest BCUT2D eigenvalue weighted by molar-refractivity contribution is 7.91. The number of benzene rings is 2. The monoisotopic (exact) mass is 712 g/mol. The lowest BCUT2D eigenvalue weighted by Crippen LogP contribution is -2.54. The zero-order valence-corrected chi connectivity index (χ0v) is 30.5. The number of allylic oxidation sites excluding steroid dienone is 1. The predicted molar refractivity (Wildman–Crippen MR) is 197 cm³/mol. The summed E-state index contributed by atoms with van der Waals surface area (Å²) < 4.78 is 27.6. The van der Waals surface area contributed by atoms with E-state index < -0.39 is 56.5 Å². The maximum absolute atomic E-state index is 14.4. The van der Waals surface area contributed by atoms with Crippen molar-refractivity contribution in [2.45, 2.75) is 89.0 Å². The third-order valence-electron chi connectivity index (χ3n) is 11.3. The number of fused-ring (bicyclic) bond motifs is 6. The molecule has 2 N–H and O–H groups in total. The molecular weight excluding hydrogens is 665 g/mol. The Balaban J connectivity index is 1.21. The second-order valence-corrected chi connectivity index (χ2v) is 17.7. The molecule has 4 bridgehead atoms. The van der Waals surface area contributed by atoms with Crippen LogP contribution in [0.25, 0.3) is 17.2 Å². The van der Waals surface area contributed by atoms with Crippen LogP contribution in [0.1, 0.15) is 88.8 Å². The fourth-order valence-electron chi connectivity index (χ4n) is 8.15. The van der Waals surface area contributed by atoms with Gasteiger partial charge in [-0.25, -0.2) is 8.42 Å². The van der Waals surface area contributed by atoms with E-state index >= 15 is 0 Å². The number of hydrogen-bond acceptors (Lipinski definition) is 7. The van der Waals surface area contributed by atoms with E-state index in [-0.39, 0.29) is 30.6 Å². The van der Waals surface area contributed by atoms with Crippen molar-refractivity contribution in [3.05, 3.63) is 77.9 Å². The van der Waals surface area contributed by atoms with Gasteiger partial charge in [-0.2, -0.15) is 0 Å². The van der Waals surface area contributed by atoms with Gasteiger partial charge in [-0.1, -0.05) is 73.6 Å². The smallest absolute Gasteiger partial charge is 0.259 e. The zero-order valence-electron chi connectivity index (χ0n) is 29.7. The van der Waals surface area contributed by atoms with E-state index in [1.54, 1.807) is 6.08 Å². The van der Waals surface area contributed by atoms with Crippen LogP contribution in [-0.4, -0.2) is 66.7 Å². The first kappa shape index (κ1) is 35.2. The first-order valence-corrected chi connectivity index (χ1v) is 19.8.